The van der Waals surface area contributed by atoms with Crippen LogP contribution >= 0.6 is 0 Å². The zero-order valence-electron chi connectivity index (χ0n) is 16.9. The van der Waals surface area contributed by atoms with E-state index in [2.05, 4.69) is 79.8 Å². The second-order valence-electron chi connectivity index (χ2n) is 7.01. The van der Waals surface area contributed by atoms with Gasteiger partial charge in [0.25, 0.3) is 0 Å². The van der Waals surface area contributed by atoms with Crippen molar-refractivity contribution >= 4 is 0 Å². The number of benzene rings is 3. The second kappa shape index (κ2) is 9.95. The quantitative estimate of drug-likeness (QED) is 0.511. The Kier molecular flexibility index (Phi) is 7.10. The Morgan fingerprint density at radius 1 is 0.821 bits per heavy atom. The van der Waals surface area contributed by atoms with Gasteiger partial charge in [-0.3, -0.25) is 0 Å². The Morgan fingerprint density at radius 3 is 2.39 bits per heavy atom. The van der Waals surface area contributed by atoms with Gasteiger partial charge in [0.15, 0.2) is 11.5 Å². The van der Waals surface area contributed by atoms with Gasteiger partial charge in [-0.25, -0.2) is 0 Å². The predicted molar refractivity (Wildman–Crippen MR) is 115 cm³/mol. The molecule has 0 fully saturated rings. The SMILES string of the molecule is CCOc1cc(CN[C@H](C)c2ccccc2)ccc1OCc1cccc(C)c1. The van der Waals surface area contributed by atoms with Crippen molar-refractivity contribution in [1.82, 2.24) is 5.32 Å². The van der Waals surface area contributed by atoms with Crippen LogP contribution in [0.3, 0.4) is 0 Å². The van der Waals surface area contributed by atoms with E-state index in [9.17, 15) is 0 Å². The molecule has 3 aromatic carbocycles. The van der Waals surface area contributed by atoms with Crippen LogP contribution in [0.1, 0.15) is 42.1 Å². The van der Waals surface area contributed by atoms with E-state index in [1.807, 2.05) is 19.1 Å². The summed E-state index contributed by atoms with van der Waals surface area (Å²) in [6, 6.07) is 25.3. The molecule has 3 rings (SSSR count). The monoisotopic (exact) mass is 375 g/mol. The molecular weight excluding hydrogens is 346 g/mol. The van der Waals surface area contributed by atoms with Crippen molar-refractivity contribution in [2.24, 2.45) is 0 Å². The summed E-state index contributed by atoms with van der Waals surface area (Å²) in [5.74, 6) is 1.57. The first-order valence-corrected chi connectivity index (χ1v) is 9.88. The fourth-order valence-electron chi connectivity index (χ4n) is 3.14. The summed E-state index contributed by atoms with van der Waals surface area (Å²) in [5.41, 5.74) is 4.85. The van der Waals surface area contributed by atoms with Crippen molar-refractivity contribution in [3.8, 4) is 11.5 Å². The van der Waals surface area contributed by atoms with Crippen LogP contribution in [-0.2, 0) is 13.2 Å². The van der Waals surface area contributed by atoms with Gasteiger partial charge in [-0.2, -0.15) is 0 Å². The predicted octanol–water partition coefficient (Wildman–Crippen LogP) is 5.82. The first-order valence-electron chi connectivity index (χ1n) is 9.88. The van der Waals surface area contributed by atoms with E-state index in [1.165, 1.54) is 16.7 Å². The topological polar surface area (TPSA) is 30.5 Å². The van der Waals surface area contributed by atoms with E-state index in [4.69, 9.17) is 9.47 Å². The van der Waals surface area contributed by atoms with Crippen LogP contribution in [-0.4, -0.2) is 6.61 Å². The normalized spacial score (nSPS) is 11.8. The van der Waals surface area contributed by atoms with Gasteiger partial charge in [0.1, 0.15) is 6.61 Å². The van der Waals surface area contributed by atoms with Crippen LogP contribution in [0.5, 0.6) is 11.5 Å². The van der Waals surface area contributed by atoms with Gasteiger partial charge in [0.05, 0.1) is 6.61 Å². The largest absolute Gasteiger partial charge is 0.490 e. The highest BCUT2D eigenvalue weighted by Gasteiger charge is 2.09. The third-order valence-corrected chi connectivity index (χ3v) is 4.70. The van der Waals surface area contributed by atoms with Crippen molar-refractivity contribution in [2.45, 2.75) is 40.0 Å². The Bertz CT molecular complexity index is 877. The average Bonchev–Trinajstić information content (AvgIpc) is 2.72. The molecule has 0 heterocycles. The van der Waals surface area contributed by atoms with Gasteiger partial charge in [-0.1, -0.05) is 66.2 Å². The van der Waals surface area contributed by atoms with Gasteiger partial charge in [-0.05, 0) is 49.6 Å². The highest BCUT2D eigenvalue weighted by molar-refractivity contribution is 5.43. The average molecular weight is 376 g/mol. The van der Waals surface area contributed by atoms with Crippen molar-refractivity contribution in [3.63, 3.8) is 0 Å². The summed E-state index contributed by atoms with van der Waals surface area (Å²) in [4.78, 5) is 0. The molecule has 0 aromatic heterocycles. The zero-order chi connectivity index (χ0) is 19.8. The highest BCUT2D eigenvalue weighted by atomic mass is 16.5. The second-order valence-corrected chi connectivity index (χ2v) is 7.01. The van der Waals surface area contributed by atoms with E-state index < -0.39 is 0 Å². The molecule has 146 valence electrons. The molecule has 0 aliphatic heterocycles. The molecule has 28 heavy (non-hydrogen) atoms. The molecule has 0 aliphatic carbocycles. The molecule has 3 heteroatoms. The van der Waals surface area contributed by atoms with Crippen LogP contribution in [0.2, 0.25) is 0 Å². The lowest BCUT2D eigenvalue weighted by Crippen LogP contribution is -2.18. The molecule has 0 unspecified atom stereocenters. The highest BCUT2D eigenvalue weighted by Crippen LogP contribution is 2.29. The minimum atomic E-state index is 0.286. The number of aryl methyl sites for hydroxylation is 1. The van der Waals surface area contributed by atoms with E-state index in [0.717, 1.165) is 23.6 Å². The Labute approximate surface area is 168 Å². The zero-order valence-corrected chi connectivity index (χ0v) is 16.9. The van der Waals surface area contributed by atoms with E-state index >= 15 is 0 Å². The smallest absolute Gasteiger partial charge is 0.161 e. The fourth-order valence-corrected chi connectivity index (χ4v) is 3.14. The van der Waals surface area contributed by atoms with Crippen molar-refractivity contribution in [1.29, 1.82) is 0 Å². The molecule has 1 atom stereocenters. The van der Waals surface area contributed by atoms with Crippen LogP contribution in [0, 0.1) is 6.92 Å². The van der Waals surface area contributed by atoms with Crippen LogP contribution in [0.25, 0.3) is 0 Å². The van der Waals surface area contributed by atoms with Gasteiger partial charge < -0.3 is 14.8 Å². The van der Waals surface area contributed by atoms with Crippen molar-refractivity contribution in [2.75, 3.05) is 6.61 Å². The lowest BCUT2D eigenvalue weighted by Gasteiger charge is -2.16. The third-order valence-electron chi connectivity index (χ3n) is 4.70. The lowest BCUT2D eigenvalue weighted by atomic mass is 10.1. The van der Waals surface area contributed by atoms with Gasteiger partial charge in [0.2, 0.25) is 0 Å². The number of hydrogen-bond donors (Lipinski definition) is 1. The van der Waals surface area contributed by atoms with Gasteiger partial charge in [-0.15, -0.1) is 0 Å². The number of ether oxygens (including phenoxy) is 2. The van der Waals surface area contributed by atoms with Crippen molar-refractivity contribution < 1.29 is 9.47 Å². The lowest BCUT2D eigenvalue weighted by molar-refractivity contribution is 0.269. The minimum absolute atomic E-state index is 0.286. The molecule has 1 N–H and O–H groups in total. The Morgan fingerprint density at radius 2 is 1.64 bits per heavy atom. The number of nitrogens with one attached hydrogen (secondary N) is 1. The van der Waals surface area contributed by atoms with Crippen LogP contribution < -0.4 is 14.8 Å². The molecule has 0 saturated carbocycles. The maximum Gasteiger partial charge on any atom is 0.161 e. The first kappa shape index (κ1) is 20.0. The molecule has 0 amide bonds. The molecular formula is C25H29NO2. The fraction of sp³-hybridized carbons (Fsp3) is 0.280. The van der Waals surface area contributed by atoms with Gasteiger partial charge >= 0.3 is 0 Å². The molecule has 0 aliphatic rings. The summed E-state index contributed by atoms with van der Waals surface area (Å²) in [6.07, 6.45) is 0. The summed E-state index contributed by atoms with van der Waals surface area (Å²) in [6.45, 7) is 8.18. The van der Waals surface area contributed by atoms with E-state index in [1.54, 1.807) is 0 Å². The van der Waals surface area contributed by atoms with Crippen molar-refractivity contribution in [3.05, 3.63) is 95.1 Å². The summed E-state index contributed by atoms with van der Waals surface area (Å²) in [7, 11) is 0. The van der Waals surface area contributed by atoms with Crippen LogP contribution in [0.15, 0.2) is 72.8 Å². The standard InChI is InChI=1S/C25H29NO2/c1-4-27-25-16-21(17-26-20(3)23-11-6-5-7-12-23)13-14-24(25)28-18-22-10-8-9-19(2)15-22/h5-16,20,26H,4,17-18H2,1-3H3/t20-/m1/s1. The maximum atomic E-state index is 6.04. The molecule has 0 bridgehead atoms. The van der Waals surface area contributed by atoms with Crippen LogP contribution in [0.4, 0.5) is 0 Å². The Balaban J connectivity index is 1.64. The third kappa shape index (κ3) is 5.61. The molecule has 0 spiro atoms. The summed E-state index contributed by atoms with van der Waals surface area (Å²) in [5, 5.41) is 3.57. The molecule has 3 nitrogen and oxygen atoms in total. The Hall–Kier alpha value is -2.78. The van der Waals surface area contributed by atoms with E-state index in [0.29, 0.717) is 13.2 Å². The first-order chi connectivity index (χ1) is 13.7. The minimum Gasteiger partial charge on any atom is -0.490 e. The van der Waals surface area contributed by atoms with Gasteiger partial charge in [0, 0.05) is 12.6 Å². The summed E-state index contributed by atoms with van der Waals surface area (Å²) >= 11 is 0. The summed E-state index contributed by atoms with van der Waals surface area (Å²) < 4.78 is 11.9. The number of hydrogen-bond acceptors (Lipinski definition) is 3. The van der Waals surface area contributed by atoms with E-state index in [-0.39, 0.29) is 6.04 Å². The maximum absolute atomic E-state index is 6.04. The number of rotatable bonds is 9. The molecule has 0 radical (unpaired) electrons. The molecule has 0 saturated heterocycles. The molecule has 3 aromatic rings.